The standard InChI is InChI=1S/C6H14N2O/c1-3-8(4-2)6-5-7-9/h3,7,9H,1,4-6H2,2H3. The van der Waals surface area contributed by atoms with Gasteiger partial charge in [-0.1, -0.05) is 6.58 Å². The third kappa shape index (κ3) is 4.00. The van der Waals surface area contributed by atoms with Crippen LogP contribution in [0.5, 0.6) is 0 Å². The average molecular weight is 130 g/mol. The van der Waals surface area contributed by atoms with Crippen LogP contribution in [0.1, 0.15) is 6.92 Å². The fourth-order valence-corrected chi connectivity index (χ4v) is 0.572. The Labute approximate surface area is 55.9 Å². The zero-order valence-corrected chi connectivity index (χ0v) is 5.80. The number of likely N-dealkylation sites (N-methyl/N-ethyl adjacent to an activating group) is 1. The van der Waals surface area contributed by atoms with E-state index in [9.17, 15) is 0 Å². The first-order valence-corrected chi connectivity index (χ1v) is 3.08. The van der Waals surface area contributed by atoms with E-state index in [2.05, 4.69) is 12.1 Å². The molecule has 0 rings (SSSR count). The molecule has 0 aliphatic rings. The third-order valence-electron chi connectivity index (χ3n) is 1.18. The molecule has 0 heterocycles. The van der Waals surface area contributed by atoms with Crippen LogP contribution in [0.15, 0.2) is 12.8 Å². The van der Waals surface area contributed by atoms with Crippen LogP contribution >= 0.6 is 0 Å². The molecule has 0 spiro atoms. The smallest absolute Gasteiger partial charge is 0.0383 e. The molecule has 0 aromatic heterocycles. The molecule has 0 bridgehead atoms. The van der Waals surface area contributed by atoms with Gasteiger partial charge in [-0.2, -0.15) is 0 Å². The van der Waals surface area contributed by atoms with Crippen molar-refractivity contribution in [3.05, 3.63) is 12.8 Å². The van der Waals surface area contributed by atoms with E-state index in [-0.39, 0.29) is 0 Å². The van der Waals surface area contributed by atoms with Gasteiger partial charge in [0.2, 0.25) is 0 Å². The van der Waals surface area contributed by atoms with Crippen molar-refractivity contribution in [3.63, 3.8) is 0 Å². The van der Waals surface area contributed by atoms with Gasteiger partial charge in [0, 0.05) is 19.6 Å². The first-order chi connectivity index (χ1) is 4.35. The zero-order valence-electron chi connectivity index (χ0n) is 5.80. The van der Waals surface area contributed by atoms with E-state index >= 15 is 0 Å². The maximum Gasteiger partial charge on any atom is 0.0383 e. The summed E-state index contributed by atoms with van der Waals surface area (Å²) in [5.74, 6) is 0. The average Bonchev–Trinajstić information content (AvgIpc) is 1.91. The second-order valence-corrected chi connectivity index (χ2v) is 1.72. The lowest BCUT2D eigenvalue weighted by atomic mass is 10.5. The summed E-state index contributed by atoms with van der Waals surface area (Å²) in [6.07, 6.45) is 1.76. The number of nitrogens with one attached hydrogen (secondary N) is 1. The van der Waals surface area contributed by atoms with Gasteiger partial charge in [-0.25, -0.2) is 5.48 Å². The first-order valence-electron chi connectivity index (χ1n) is 3.08. The molecule has 0 aliphatic carbocycles. The number of hydrogen-bond donors (Lipinski definition) is 2. The second-order valence-electron chi connectivity index (χ2n) is 1.72. The minimum absolute atomic E-state index is 0.583. The minimum atomic E-state index is 0.583. The van der Waals surface area contributed by atoms with Crippen molar-refractivity contribution >= 4 is 0 Å². The summed E-state index contributed by atoms with van der Waals surface area (Å²) in [5, 5.41) is 8.20. The van der Waals surface area contributed by atoms with E-state index in [4.69, 9.17) is 5.21 Å². The van der Waals surface area contributed by atoms with Crippen LogP contribution in [0.2, 0.25) is 0 Å². The van der Waals surface area contributed by atoms with Crippen molar-refractivity contribution in [2.75, 3.05) is 19.6 Å². The van der Waals surface area contributed by atoms with E-state index in [1.54, 1.807) is 6.20 Å². The van der Waals surface area contributed by atoms with Crippen molar-refractivity contribution in [2.24, 2.45) is 0 Å². The molecule has 0 aliphatic heterocycles. The SMILES string of the molecule is C=CN(CC)CCNO. The van der Waals surface area contributed by atoms with Crippen molar-refractivity contribution in [3.8, 4) is 0 Å². The second kappa shape index (κ2) is 5.59. The number of nitrogens with zero attached hydrogens (tertiary/aromatic N) is 1. The highest BCUT2D eigenvalue weighted by molar-refractivity contribution is 4.68. The molecule has 0 atom stereocenters. The van der Waals surface area contributed by atoms with Gasteiger partial charge < -0.3 is 10.1 Å². The van der Waals surface area contributed by atoms with E-state index < -0.39 is 0 Å². The van der Waals surface area contributed by atoms with Crippen molar-refractivity contribution in [2.45, 2.75) is 6.92 Å². The van der Waals surface area contributed by atoms with Gasteiger partial charge in [0.15, 0.2) is 0 Å². The Morgan fingerprint density at radius 3 is 2.78 bits per heavy atom. The predicted octanol–water partition coefficient (Wildman–Crippen LogP) is 0.431. The third-order valence-corrected chi connectivity index (χ3v) is 1.18. The van der Waals surface area contributed by atoms with Crippen LogP contribution in [-0.4, -0.2) is 29.7 Å². The zero-order chi connectivity index (χ0) is 7.11. The van der Waals surface area contributed by atoms with Gasteiger partial charge in [0.1, 0.15) is 0 Å². The fraction of sp³-hybridized carbons (Fsp3) is 0.667. The van der Waals surface area contributed by atoms with E-state index in [1.807, 2.05) is 11.8 Å². The minimum Gasteiger partial charge on any atom is -0.377 e. The Morgan fingerprint density at radius 1 is 1.78 bits per heavy atom. The summed E-state index contributed by atoms with van der Waals surface area (Å²) in [7, 11) is 0. The van der Waals surface area contributed by atoms with E-state index in [0.717, 1.165) is 13.1 Å². The molecule has 3 heteroatoms. The molecule has 2 N–H and O–H groups in total. The summed E-state index contributed by atoms with van der Waals surface area (Å²) < 4.78 is 0. The van der Waals surface area contributed by atoms with Gasteiger partial charge in [-0.05, 0) is 13.1 Å². The quantitative estimate of drug-likeness (QED) is 0.530. The number of hydrogen-bond acceptors (Lipinski definition) is 3. The van der Waals surface area contributed by atoms with Crippen LogP contribution in [0.25, 0.3) is 0 Å². The van der Waals surface area contributed by atoms with Crippen LogP contribution < -0.4 is 5.48 Å². The van der Waals surface area contributed by atoms with Gasteiger partial charge in [0.25, 0.3) is 0 Å². The molecule has 0 radical (unpaired) electrons. The lowest BCUT2D eigenvalue weighted by Gasteiger charge is -2.15. The summed E-state index contributed by atoms with van der Waals surface area (Å²) in [6, 6.07) is 0. The molecule has 9 heavy (non-hydrogen) atoms. The van der Waals surface area contributed by atoms with Crippen molar-refractivity contribution < 1.29 is 5.21 Å². The van der Waals surface area contributed by atoms with Crippen LogP contribution in [0.4, 0.5) is 0 Å². The van der Waals surface area contributed by atoms with Crippen LogP contribution in [0.3, 0.4) is 0 Å². The highest BCUT2D eigenvalue weighted by Gasteiger charge is 1.90. The maximum atomic E-state index is 8.20. The Balaban J connectivity index is 3.20. The molecular weight excluding hydrogens is 116 g/mol. The summed E-state index contributed by atoms with van der Waals surface area (Å²) >= 11 is 0. The molecule has 0 unspecified atom stereocenters. The summed E-state index contributed by atoms with van der Waals surface area (Å²) in [6.45, 7) is 7.96. The molecular formula is C6H14N2O. The number of hydroxylamine groups is 1. The van der Waals surface area contributed by atoms with Gasteiger partial charge in [0.05, 0.1) is 0 Å². The number of rotatable bonds is 5. The molecule has 0 amide bonds. The molecule has 54 valence electrons. The van der Waals surface area contributed by atoms with Crippen molar-refractivity contribution in [1.29, 1.82) is 0 Å². The predicted molar refractivity (Wildman–Crippen MR) is 37.2 cm³/mol. The Kier molecular flexibility index (Phi) is 5.26. The van der Waals surface area contributed by atoms with E-state index in [1.165, 1.54) is 0 Å². The molecule has 0 fully saturated rings. The lowest BCUT2D eigenvalue weighted by molar-refractivity contribution is 0.157. The summed E-state index contributed by atoms with van der Waals surface area (Å²) in [5.41, 5.74) is 2.08. The van der Waals surface area contributed by atoms with Crippen LogP contribution in [-0.2, 0) is 0 Å². The fourth-order valence-electron chi connectivity index (χ4n) is 0.572. The highest BCUT2D eigenvalue weighted by Crippen LogP contribution is 1.83. The molecule has 3 nitrogen and oxygen atoms in total. The molecule has 0 aromatic carbocycles. The Morgan fingerprint density at radius 2 is 2.44 bits per heavy atom. The molecule has 0 saturated heterocycles. The largest absolute Gasteiger partial charge is 0.377 e. The van der Waals surface area contributed by atoms with Gasteiger partial charge in [-0.15, -0.1) is 0 Å². The van der Waals surface area contributed by atoms with Crippen molar-refractivity contribution in [1.82, 2.24) is 10.4 Å². The van der Waals surface area contributed by atoms with Gasteiger partial charge in [-0.3, -0.25) is 0 Å². The normalized spacial score (nSPS) is 9.11. The maximum absolute atomic E-state index is 8.20. The first kappa shape index (κ1) is 8.46. The Hall–Kier alpha value is -0.540. The molecule has 0 aromatic rings. The monoisotopic (exact) mass is 130 g/mol. The summed E-state index contributed by atoms with van der Waals surface area (Å²) in [4.78, 5) is 2.00. The highest BCUT2D eigenvalue weighted by atomic mass is 16.5. The topological polar surface area (TPSA) is 35.5 Å². The van der Waals surface area contributed by atoms with E-state index in [0.29, 0.717) is 6.54 Å². The van der Waals surface area contributed by atoms with Gasteiger partial charge >= 0.3 is 0 Å². The molecule has 0 saturated carbocycles. The lowest BCUT2D eigenvalue weighted by Crippen LogP contribution is -2.26. The Bertz CT molecular complexity index is 75.5. The van der Waals surface area contributed by atoms with Crippen LogP contribution in [0, 0.1) is 0 Å².